The smallest absolute Gasteiger partial charge is 0.118 e. The number of nitrogens with one attached hydrogen (secondary N) is 1. The van der Waals surface area contributed by atoms with Gasteiger partial charge in [-0.25, -0.2) is 0 Å². The van der Waals surface area contributed by atoms with E-state index in [-0.39, 0.29) is 0 Å². The molecule has 0 bridgehead atoms. The van der Waals surface area contributed by atoms with Gasteiger partial charge in [0.05, 0.1) is 35.8 Å². The first-order valence-electron chi connectivity index (χ1n) is 10.4. The number of aromatic nitrogens is 3. The Labute approximate surface area is 186 Å². The van der Waals surface area contributed by atoms with Gasteiger partial charge in [0.2, 0.25) is 0 Å². The Morgan fingerprint density at radius 2 is 1.59 bits per heavy atom. The lowest BCUT2D eigenvalue weighted by Gasteiger charge is -2.15. The molecular weight excluding hydrogens is 396 g/mol. The Morgan fingerprint density at radius 1 is 0.906 bits per heavy atom. The lowest BCUT2D eigenvalue weighted by Crippen LogP contribution is -2.13. The highest BCUT2D eigenvalue weighted by Crippen LogP contribution is 2.35. The molecule has 2 aromatic heterocycles. The van der Waals surface area contributed by atoms with E-state index in [4.69, 9.17) is 4.74 Å². The summed E-state index contributed by atoms with van der Waals surface area (Å²) in [6.07, 6.45) is 1.83. The van der Waals surface area contributed by atoms with Gasteiger partial charge in [-0.05, 0) is 54.8 Å². The number of pyridine rings is 1. The minimum atomic E-state index is -0.532. The van der Waals surface area contributed by atoms with Crippen LogP contribution in [0.2, 0.25) is 0 Å². The van der Waals surface area contributed by atoms with Crippen LogP contribution < -0.4 is 4.74 Å². The second-order valence-corrected chi connectivity index (χ2v) is 8.39. The predicted octanol–water partition coefficient (Wildman–Crippen LogP) is 6.25. The molecule has 2 heterocycles. The number of nitrogens with zero attached hydrogens (tertiary/aromatic N) is 3. The van der Waals surface area contributed by atoms with Gasteiger partial charge in [-0.3, -0.25) is 10.1 Å². The molecular formula is C27H22N4O. The normalized spacial score (nSPS) is 11.6. The number of ether oxygens (including phenoxy) is 1. The monoisotopic (exact) mass is 418 g/mol. The molecule has 0 aliphatic heterocycles. The number of H-pyrrole nitrogens is 1. The van der Waals surface area contributed by atoms with Crippen molar-refractivity contribution in [2.24, 2.45) is 0 Å². The van der Waals surface area contributed by atoms with Crippen LogP contribution in [0.1, 0.15) is 19.4 Å². The zero-order chi connectivity index (χ0) is 22.3. The summed E-state index contributed by atoms with van der Waals surface area (Å²) in [5.41, 5.74) is 6.34. The van der Waals surface area contributed by atoms with Gasteiger partial charge in [0.1, 0.15) is 11.4 Å². The van der Waals surface area contributed by atoms with Crippen LogP contribution in [-0.2, 0) is 5.41 Å². The van der Waals surface area contributed by atoms with E-state index in [2.05, 4.69) is 45.5 Å². The molecule has 0 amide bonds. The topological polar surface area (TPSA) is 74.6 Å². The first kappa shape index (κ1) is 19.8. The number of benzene rings is 3. The second kappa shape index (κ2) is 7.51. The Balaban J connectivity index is 1.66. The fourth-order valence-corrected chi connectivity index (χ4v) is 3.99. The molecule has 0 aliphatic rings. The third-order valence-corrected chi connectivity index (χ3v) is 5.98. The van der Waals surface area contributed by atoms with Crippen molar-refractivity contribution in [3.8, 4) is 34.2 Å². The summed E-state index contributed by atoms with van der Waals surface area (Å²) in [7, 11) is 1.67. The maximum Gasteiger partial charge on any atom is 0.118 e. The Kier molecular flexibility index (Phi) is 4.64. The quantitative estimate of drug-likeness (QED) is 0.374. The minimum Gasteiger partial charge on any atom is -0.497 e. The maximum absolute atomic E-state index is 9.43. The summed E-state index contributed by atoms with van der Waals surface area (Å²) in [5, 5.41) is 19.2. The number of hydrogen-bond donors (Lipinski definition) is 1. The third kappa shape index (κ3) is 3.27. The average Bonchev–Trinajstić information content (AvgIpc) is 3.28. The molecule has 0 saturated carbocycles. The standard InChI is InChI=1S/C27H22N4O/c1-27(2,16-28)20-9-4-18(5-10-20)26-25-22-14-19(17-6-11-21(32-3)12-7-17)8-13-23(22)29-15-24(25)30-31-26/h4-15H,1-3H3,(H,30,31). The van der Waals surface area contributed by atoms with Crippen LogP contribution in [-0.4, -0.2) is 22.3 Å². The van der Waals surface area contributed by atoms with Crippen molar-refractivity contribution in [1.29, 1.82) is 5.26 Å². The van der Waals surface area contributed by atoms with Gasteiger partial charge in [0.25, 0.3) is 0 Å². The van der Waals surface area contributed by atoms with Crippen LogP contribution >= 0.6 is 0 Å². The fraction of sp³-hybridized carbons (Fsp3) is 0.148. The van der Waals surface area contributed by atoms with Crippen molar-refractivity contribution in [3.63, 3.8) is 0 Å². The van der Waals surface area contributed by atoms with Gasteiger partial charge in [0, 0.05) is 16.3 Å². The molecule has 0 fully saturated rings. The minimum absolute atomic E-state index is 0.532. The maximum atomic E-state index is 9.43. The van der Waals surface area contributed by atoms with E-state index >= 15 is 0 Å². The van der Waals surface area contributed by atoms with Crippen molar-refractivity contribution < 1.29 is 4.74 Å². The van der Waals surface area contributed by atoms with E-state index in [1.165, 1.54) is 0 Å². The molecule has 0 saturated heterocycles. The van der Waals surface area contributed by atoms with Crippen LogP contribution in [0.25, 0.3) is 44.2 Å². The molecule has 5 aromatic rings. The van der Waals surface area contributed by atoms with Gasteiger partial charge >= 0.3 is 0 Å². The van der Waals surface area contributed by atoms with Gasteiger partial charge in [0.15, 0.2) is 0 Å². The van der Waals surface area contributed by atoms with Crippen LogP contribution in [0.5, 0.6) is 5.75 Å². The summed E-state index contributed by atoms with van der Waals surface area (Å²) in [4.78, 5) is 4.61. The summed E-state index contributed by atoms with van der Waals surface area (Å²) < 4.78 is 5.28. The molecule has 3 aromatic carbocycles. The molecule has 5 rings (SSSR count). The lowest BCUT2D eigenvalue weighted by atomic mass is 9.86. The highest BCUT2D eigenvalue weighted by Gasteiger charge is 2.20. The van der Waals surface area contributed by atoms with E-state index in [0.29, 0.717) is 0 Å². The molecule has 0 radical (unpaired) electrons. The zero-order valence-corrected chi connectivity index (χ0v) is 18.2. The van der Waals surface area contributed by atoms with Crippen LogP contribution in [0, 0.1) is 11.3 Å². The molecule has 32 heavy (non-hydrogen) atoms. The second-order valence-electron chi connectivity index (χ2n) is 8.39. The van der Waals surface area contributed by atoms with Gasteiger partial charge in [-0.15, -0.1) is 0 Å². The number of nitriles is 1. The number of fused-ring (bicyclic) bond motifs is 3. The van der Waals surface area contributed by atoms with Crippen LogP contribution in [0.15, 0.2) is 72.9 Å². The molecule has 0 unspecified atom stereocenters. The molecule has 5 nitrogen and oxygen atoms in total. The molecule has 1 N–H and O–H groups in total. The van der Waals surface area contributed by atoms with E-state index in [1.807, 2.05) is 62.5 Å². The highest BCUT2D eigenvalue weighted by atomic mass is 16.5. The first-order valence-corrected chi connectivity index (χ1v) is 10.4. The van der Waals surface area contributed by atoms with E-state index in [0.717, 1.165) is 55.5 Å². The van der Waals surface area contributed by atoms with Crippen LogP contribution in [0.4, 0.5) is 0 Å². The van der Waals surface area contributed by atoms with E-state index < -0.39 is 5.41 Å². The van der Waals surface area contributed by atoms with Crippen molar-refractivity contribution >= 4 is 21.8 Å². The van der Waals surface area contributed by atoms with Gasteiger partial charge < -0.3 is 4.74 Å². The van der Waals surface area contributed by atoms with Crippen LogP contribution in [0.3, 0.4) is 0 Å². The number of hydrogen-bond acceptors (Lipinski definition) is 4. The first-order chi connectivity index (χ1) is 15.5. The molecule has 0 aliphatic carbocycles. The summed E-state index contributed by atoms with van der Waals surface area (Å²) in [5.74, 6) is 0.832. The SMILES string of the molecule is COc1ccc(-c2ccc3ncc4[nH]nc(-c5ccc(C(C)(C)C#N)cc5)c4c3c2)cc1. The average molecular weight is 419 g/mol. The van der Waals surface area contributed by atoms with Gasteiger partial charge in [-0.1, -0.05) is 42.5 Å². The number of methoxy groups -OCH3 is 1. The summed E-state index contributed by atoms with van der Waals surface area (Å²) in [6, 6.07) is 24.8. The van der Waals surface area contributed by atoms with Crippen molar-refractivity contribution in [2.45, 2.75) is 19.3 Å². The fourth-order valence-electron chi connectivity index (χ4n) is 3.99. The Bertz CT molecular complexity index is 1470. The highest BCUT2D eigenvalue weighted by molar-refractivity contribution is 6.11. The molecule has 156 valence electrons. The number of aromatic amines is 1. The predicted molar refractivity (Wildman–Crippen MR) is 127 cm³/mol. The largest absolute Gasteiger partial charge is 0.497 e. The van der Waals surface area contributed by atoms with Crippen molar-refractivity contribution in [2.75, 3.05) is 7.11 Å². The molecule has 5 heteroatoms. The van der Waals surface area contributed by atoms with Crippen molar-refractivity contribution in [1.82, 2.24) is 15.2 Å². The van der Waals surface area contributed by atoms with Crippen molar-refractivity contribution in [3.05, 3.63) is 78.5 Å². The summed E-state index contributed by atoms with van der Waals surface area (Å²) in [6.45, 7) is 3.84. The molecule has 0 spiro atoms. The Hall–Kier alpha value is -4.17. The number of rotatable bonds is 4. The zero-order valence-electron chi connectivity index (χ0n) is 18.2. The lowest BCUT2D eigenvalue weighted by molar-refractivity contribution is 0.415. The Morgan fingerprint density at radius 3 is 2.28 bits per heavy atom. The molecule has 0 atom stereocenters. The van der Waals surface area contributed by atoms with E-state index in [9.17, 15) is 5.26 Å². The van der Waals surface area contributed by atoms with Gasteiger partial charge in [-0.2, -0.15) is 10.4 Å². The third-order valence-electron chi connectivity index (χ3n) is 5.98. The summed E-state index contributed by atoms with van der Waals surface area (Å²) >= 11 is 0. The van der Waals surface area contributed by atoms with E-state index in [1.54, 1.807) is 7.11 Å².